The third-order valence-electron chi connectivity index (χ3n) is 5.20. The van der Waals surface area contributed by atoms with Gasteiger partial charge in [-0.05, 0) is 73.4 Å². The highest BCUT2D eigenvalue weighted by Gasteiger charge is 2.33. The van der Waals surface area contributed by atoms with Crippen LogP contribution in [-0.2, 0) is 9.59 Å². The fourth-order valence-corrected chi connectivity index (χ4v) is 4.13. The SMILES string of the molecule is Cc1cc(Oc2cnc3ccc(Cl)cc3c2)cc(C)c1C1C(=O)CCCC1=O. The number of halogens is 1. The van der Waals surface area contributed by atoms with E-state index in [1.54, 1.807) is 12.3 Å². The third-order valence-corrected chi connectivity index (χ3v) is 5.44. The van der Waals surface area contributed by atoms with Crippen molar-refractivity contribution < 1.29 is 14.3 Å². The highest BCUT2D eigenvalue weighted by Crippen LogP contribution is 2.35. The fraction of sp³-hybridized carbons (Fsp3) is 0.261. The summed E-state index contributed by atoms with van der Waals surface area (Å²) in [6.45, 7) is 3.84. The smallest absolute Gasteiger partial charge is 0.147 e. The minimum Gasteiger partial charge on any atom is -0.456 e. The zero-order chi connectivity index (χ0) is 19.8. The maximum atomic E-state index is 12.4. The van der Waals surface area contributed by atoms with E-state index in [1.807, 2.05) is 44.2 Å². The van der Waals surface area contributed by atoms with Crippen LogP contribution in [-0.4, -0.2) is 16.6 Å². The van der Waals surface area contributed by atoms with Gasteiger partial charge in [-0.2, -0.15) is 0 Å². The van der Waals surface area contributed by atoms with Crippen LogP contribution in [0.3, 0.4) is 0 Å². The molecule has 142 valence electrons. The fourth-order valence-electron chi connectivity index (χ4n) is 3.95. The van der Waals surface area contributed by atoms with Gasteiger partial charge >= 0.3 is 0 Å². The molecule has 1 saturated carbocycles. The summed E-state index contributed by atoms with van der Waals surface area (Å²) in [6, 6.07) is 11.1. The van der Waals surface area contributed by atoms with Gasteiger partial charge in [-0.15, -0.1) is 0 Å². The van der Waals surface area contributed by atoms with Crippen molar-refractivity contribution in [1.82, 2.24) is 4.98 Å². The van der Waals surface area contributed by atoms with E-state index in [0.29, 0.717) is 35.8 Å². The van der Waals surface area contributed by atoms with Gasteiger partial charge in [0.1, 0.15) is 29.0 Å². The molecule has 1 aliphatic carbocycles. The van der Waals surface area contributed by atoms with Gasteiger partial charge in [-0.25, -0.2) is 0 Å². The summed E-state index contributed by atoms with van der Waals surface area (Å²) in [6.07, 6.45) is 3.27. The molecule has 0 amide bonds. The number of Topliss-reactive ketones (excluding diaryl/α,β-unsaturated/α-hetero) is 2. The molecule has 4 rings (SSSR count). The summed E-state index contributed by atoms with van der Waals surface area (Å²) in [5, 5.41) is 1.54. The monoisotopic (exact) mass is 393 g/mol. The van der Waals surface area contributed by atoms with Crippen molar-refractivity contribution in [2.24, 2.45) is 0 Å². The van der Waals surface area contributed by atoms with E-state index >= 15 is 0 Å². The van der Waals surface area contributed by atoms with Crippen LogP contribution < -0.4 is 4.74 Å². The van der Waals surface area contributed by atoms with E-state index in [0.717, 1.165) is 27.6 Å². The highest BCUT2D eigenvalue weighted by molar-refractivity contribution is 6.31. The predicted octanol–water partition coefficient (Wildman–Crippen LogP) is 5.70. The van der Waals surface area contributed by atoms with Gasteiger partial charge in [0.25, 0.3) is 0 Å². The van der Waals surface area contributed by atoms with Crippen molar-refractivity contribution in [3.8, 4) is 11.5 Å². The summed E-state index contributed by atoms with van der Waals surface area (Å²) in [4.78, 5) is 29.1. The van der Waals surface area contributed by atoms with Crippen LogP contribution in [0.15, 0.2) is 42.6 Å². The zero-order valence-electron chi connectivity index (χ0n) is 15.8. The number of fused-ring (bicyclic) bond motifs is 1. The van der Waals surface area contributed by atoms with Gasteiger partial charge in [0, 0.05) is 23.3 Å². The minimum atomic E-state index is -0.632. The maximum Gasteiger partial charge on any atom is 0.147 e. The quantitative estimate of drug-likeness (QED) is 0.535. The Morgan fingerprint density at radius 1 is 0.964 bits per heavy atom. The van der Waals surface area contributed by atoms with Gasteiger partial charge in [-0.1, -0.05) is 11.6 Å². The van der Waals surface area contributed by atoms with E-state index in [1.165, 1.54) is 0 Å². The molecule has 0 saturated heterocycles. The number of aryl methyl sites for hydroxylation is 2. The molecule has 5 heteroatoms. The molecule has 1 aromatic heterocycles. The van der Waals surface area contributed by atoms with Gasteiger partial charge in [0.15, 0.2) is 0 Å². The van der Waals surface area contributed by atoms with Crippen LogP contribution >= 0.6 is 11.6 Å². The standard InChI is InChI=1S/C23H20ClNO3/c1-13-8-17(9-14(2)22(13)23-20(26)4-3-5-21(23)27)28-18-11-15-10-16(24)6-7-19(15)25-12-18/h6-12,23H,3-5H2,1-2H3. The Kier molecular flexibility index (Phi) is 4.90. The van der Waals surface area contributed by atoms with Crippen LogP contribution in [0, 0.1) is 13.8 Å². The first kappa shape index (κ1) is 18.6. The van der Waals surface area contributed by atoms with Gasteiger partial charge in [0.05, 0.1) is 11.7 Å². The predicted molar refractivity (Wildman–Crippen MR) is 109 cm³/mol. The topological polar surface area (TPSA) is 56.3 Å². The lowest BCUT2D eigenvalue weighted by Gasteiger charge is -2.23. The minimum absolute atomic E-state index is 0.0201. The molecule has 0 spiro atoms. The van der Waals surface area contributed by atoms with Crippen LogP contribution in [0.5, 0.6) is 11.5 Å². The average Bonchev–Trinajstić information content (AvgIpc) is 2.63. The van der Waals surface area contributed by atoms with Gasteiger partial charge in [-0.3, -0.25) is 14.6 Å². The number of carbonyl (C=O) groups excluding carboxylic acids is 2. The van der Waals surface area contributed by atoms with Crippen molar-refractivity contribution in [1.29, 1.82) is 0 Å². The first-order chi connectivity index (χ1) is 13.4. The molecule has 0 unspecified atom stereocenters. The Labute approximate surface area is 168 Å². The Morgan fingerprint density at radius 2 is 1.64 bits per heavy atom. The van der Waals surface area contributed by atoms with Crippen LogP contribution in [0.2, 0.25) is 5.02 Å². The summed E-state index contributed by atoms with van der Waals surface area (Å²) in [7, 11) is 0. The van der Waals surface area contributed by atoms with Crippen molar-refractivity contribution >= 4 is 34.1 Å². The molecular formula is C23H20ClNO3. The van der Waals surface area contributed by atoms with E-state index < -0.39 is 5.92 Å². The third kappa shape index (κ3) is 3.52. The first-order valence-electron chi connectivity index (χ1n) is 9.32. The van der Waals surface area contributed by atoms with Crippen molar-refractivity contribution in [3.63, 3.8) is 0 Å². The molecule has 1 heterocycles. The van der Waals surface area contributed by atoms with Crippen molar-refractivity contribution in [3.05, 3.63) is 64.3 Å². The van der Waals surface area contributed by atoms with E-state index in [9.17, 15) is 9.59 Å². The number of ether oxygens (including phenoxy) is 1. The number of hydrogen-bond donors (Lipinski definition) is 0. The number of rotatable bonds is 3. The molecule has 28 heavy (non-hydrogen) atoms. The van der Waals surface area contributed by atoms with E-state index in [2.05, 4.69) is 4.98 Å². The number of pyridine rings is 1. The van der Waals surface area contributed by atoms with E-state index in [-0.39, 0.29) is 11.6 Å². The van der Waals surface area contributed by atoms with Crippen molar-refractivity contribution in [2.45, 2.75) is 39.0 Å². The molecular weight excluding hydrogens is 374 g/mol. The molecule has 3 aromatic rings. The largest absolute Gasteiger partial charge is 0.456 e. The normalized spacial score (nSPS) is 15.2. The second-order valence-corrected chi connectivity index (χ2v) is 7.74. The number of hydrogen-bond acceptors (Lipinski definition) is 4. The first-order valence-corrected chi connectivity index (χ1v) is 9.70. The molecule has 0 N–H and O–H groups in total. The lowest BCUT2D eigenvalue weighted by atomic mass is 9.78. The molecule has 0 atom stereocenters. The van der Waals surface area contributed by atoms with E-state index in [4.69, 9.17) is 16.3 Å². The summed E-state index contributed by atoms with van der Waals surface area (Å²) >= 11 is 6.06. The Hall–Kier alpha value is -2.72. The zero-order valence-corrected chi connectivity index (χ0v) is 16.5. The van der Waals surface area contributed by atoms with Gasteiger partial charge in [0.2, 0.25) is 0 Å². The Bertz CT molecular complexity index is 1070. The average molecular weight is 394 g/mol. The lowest BCUT2D eigenvalue weighted by molar-refractivity contribution is -0.131. The molecule has 1 aliphatic rings. The van der Waals surface area contributed by atoms with Crippen LogP contribution in [0.4, 0.5) is 0 Å². The van der Waals surface area contributed by atoms with Crippen molar-refractivity contribution in [2.75, 3.05) is 0 Å². The molecule has 0 radical (unpaired) electrons. The lowest BCUT2D eigenvalue weighted by Crippen LogP contribution is -2.27. The van der Waals surface area contributed by atoms with Crippen LogP contribution in [0.1, 0.15) is 41.9 Å². The highest BCUT2D eigenvalue weighted by atomic mass is 35.5. The number of ketones is 2. The van der Waals surface area contributed by atoms with Crippen LogP contribution in [0.25, 0.3) is 10.9 Å². The number of aromatic nitrogens is 1. The summed E-state index contributed by atoms with van der Waals surface area (Å²) < 4.78 is 6.01. The summed E-state index contributed by atoms with van der Waals surface area (Å²) in [5.74, 6) is 0.662. The Balaban J connectivity index is 1.66. The molecule has 1 fully saturated rings. The summed E-state index contributed by atoms with van der Waals surface area (Å²) in [5.41, 5.74) is 3.44. The maximum absolute atomic E-state index is 12.4. The molecule has 0 bridgehead atoms. The Morgan fingerprint density at radius 3 is 2.32 bits per heavy atom. The molecule has 4 nitrogen and oxygen atoms in total. The second kappa shape index (κ2) is 7.36. The number of nitrogens with zero attached hydrogens (tertiary/aromatic N) is 1. The number of benzene rings is 2. The number of carbonyl (C=O) groups is 2. The molecule has 2 aromatic carbocycles. The van der Waals surface area contributed by atoms with Gasteiger partial charge < -0.3 is 4.74 Å². The molecule has 0 aliphatic heterocycles. The second-order valence-electron chi connectivity index (χ2n) is 7.30.